The molecule has 2 aromatic rings. The van der Waals surface area contributed by atoms with Gasteiger partial charge in [0.2, 0.25) is 0 Å². The van der Waals surface area contributed by atoms with E-state index in [4.69, 9.17) is 4.98 Å². The molecule has 6 heteroatoms. The number of fused-ring (bicyclic) bond motifs is 1. The van der Waals surface area contributed by atoms with Crippen molar-refractivity contribution in [3.05, 3.63) is 42.7 Å². The molecular weight excluding hydrogens is 353 g/mol. The lowest BCUT2D eigenvalue weighted by Crippen LogP contribution is -2.26. The normalized spacial score (nSPS) is 22.2. The quantitative estimate of drug-likeness (QED) is 0.794. The van der Waals surface area contributed by atoms with Gasteiger partial charge in [-0.1, -0.05) is 6.58 Å². The second-order valence-electron chi connectivity index (χ2n) is 8.19. The molecule has 1 atom stereocenters. The average Bonchev–Trinajstić information content (AvgIpc) is 2.95. The summed E-state index contributed by atoms with van der Waals surface area (Å²) in [6, 6.07) is 8.17. The second kappa shape index (κ2) is 7.08. The van der Waals surface area contributed by atoms with Gasteiger partial charge in [0.1, 0.15) is 11.5 Å². The van der Waals surface area contributed by atoms with Gasteiger partial charge in [-0.15, -0.1) is 0 Å². The maximum atomic E-state index is 14.3. The van der Waals surface area contributed by atoms with Gasteiger partial charge in [0.25, 0.3) is 0 Å². The van der Waals surface area contributed by atoms with Gasteiger partial charge in [-0.05, 0) is 44.5 Å². The fourth-order valence-electron chi connectivity index (χ4n) is 4.03. The Morgan fingerprint density at radius 1 is 1.21 bits per heavy atom. The summed E-state index contributed by atoms with van der Waals surface area (Å²) in [6.45, 7) is 10.8. The molecule has 1 saturated heterocycles. The van der Waals surface area contributed by atoms with Crippen LogP contribution < -0.4 is 14.7 Å². The molecule has 0 aliphatic carbocycles. The van der Waals surface area contributed by atoms with Crippen molar-refractivity contribution in [3.8, 4) is 11.3 Å². The fraction of sp³-hybridized carbons (Fsp3) is 0.455. The molecule has 4 heterocycles. The lowest BCUT2D eigenvalue weighted by atomic mass is 10.1. The number of aromatic nitrogens is 2. The zero-order valence-electron chi connectivity index (χ0n) is 17.0. The van der Waals surface area contributed by atoms with Crippen molar-refractivity contribution in [2.45, 2.75) is 32.4 Å². The van der Waals surface area contributed by atoms with E-state index < -0.39 is 5.67 Å². The van der Waals surface area contributed by atoms with E-state index in [1.165, 1.54) is 0 Å². The van der Waals surface area contributed by atoms with Crippen molar-refractivity contribution in [1.82, 2.24) is 9.97 Å². The van der Waals surface area contributed by atoms with Crippen molar-refractivity contribution in [1.29, 1.82) is 0 Å². The summed E-state index contributed by atoms with van der Waals surface area (Å²) in [7, 11) is 2.11. The Balaban J connectivity index is 1.71. The first-order valence-electron chi connectivity index (χ1n) is 9.90. The van der Waals surface area contributed by atoms with Crippen LogP contribution in [0, 0.1) is 0 Å². The van der Waals surface area contributed by atoms with Crippen molar-refractivity contribution in [2.24, 2.45) is 0 Å². The van der Waals surface area contributed by atoms with Crippen LogP contribution in [0.1, 0.15) is 26.7 Å². The van der Waals surface area contributed by atoms with Crippen LogP contribution >= 0.6 is 0 Å². The largest absolute Gasteiger partial charge is 0.372 e. The number of anilines is 3. The van der Waals surface area contributed by atoms with Crippen molar-refractivity contribution >= 4 is 17.3 Å². The highest BCUT2D eigenvalue weighted by Gasteiger charge is 2.34. The SMILES string of the molecule is C=C(C)N1CCCN(C)c2ccc(-c3ccnc(N4CCC(C)(F)C4)c3)nc21. The Morgan fingerprint density at radius 2 is 2.04 bits per heavy atom. The van der Waals surface area contributed by atoms with Gasteiger partial charge in [-0.2, -0.15) is 0 Å². The lowest BCUT2D eigenvalue weighted by Gasteiger charge is -2.25. The summed E-state index contributed by atoms with van der Waals surface area (Å²) < 4.78 is 14.3. The lowest BCUT2D eigenvalue weighted by molar-refractivity contribution is 0.221. The summed E-state index contributed by atoms with van der Waals surface area (Å²) in [6.07, 6.45) is 3.38. The number of hydrogen-bond acceptors (Lipinski definition) is 5. The third-order valence-corrected chi connectivity index (χ3v) is 5.65. The molecule has 0 bridgehead atoms. The molecule has 148 valence electrons. The molecule has 1 unspecified atom stereocenters. The third kappa shape index (κ3) is 3.55. The van der Waals surface area contributed by atoms with Crippen molar-refractivity contribution < 1.29 is 4.39 Å². The average molecular weight is 381 g/mol. The zero-order chi connectivity index (χ0) is 19.9. The maximum Gasteiger partial charge on any atom is 0.157 e. The van der Waals surface area contributed by atoms with E-state index in [1.54, 1.807) is 13.1 Å². The van der Waals surface area contributed by atoms with Crippen molar-refractivity contribution in [2.75, 3.05) is 47.9 Å². The molecule has 4 rings (SSSR count). The monoisotopic (exact) mass is 381 g/mol. The summed E-state index contributed by atoms with van der Waals surface area (Å²) in [5, 5.41) is 0. The van der Waals surface area contributed by atoms with Crippen LogP contribution in [0.25, 0.3) is 11.3 Å². The van der Waals surface area contributed by atoms with E-state index in [0.29, 0.717) is 19.5 Å². The number of halogens is 1. The molecule has 1 fully saturated rings. The molecule has 0 aromatic carbocycles. The predicted octanol–water partition coefficient (Wildman–Crippen LogP) is 4.26. The van der Waals surface area contributed by atoms with E-state index in [1.807, 2.05) is 24.0 Å². The Morgan fingerprint density at radius 3 is 2.75 bits per heavy atom. The fourth-order valence-corrected chi connectivity index (χ4v) is 4.03. The minimum atomic E-state index is -1.15. The molecule has 28 heavy (non-hydrogen) atoms. The predicted molar refractivity (Wildman–Crippen MR) is 114 cm³/mol. The number of hydrogen-bond donors (Lipinski definition) is 0. The molecule has 0 spiro atoms. The van der Waals surface area contributed by atoms with Gasteiger partial charge in [-0.25, -0.2) is 14.4 Å². The number of alkyl halides is 1. The molecule has 0 amide bonds. The van der Waals surface area contributed by atoms with Crippen LogP contribution in [0.4, 0.5) is 21.7 Å². The van der Waals surface area contributed by atoms with Crippen LogP contribution in [0.3, 0.4) is 0 Å². The van der Waals surface area contributed by atoms with Crippen LogP contribution in [-0.2, 0) is 0 Å². The Kier molecular flexibility index (Phi) is 4.73. The highest BCUT2D eigenvalue weighted by atomic mass is 19.1. The summed E-state index contributed by atoms with van der Waals surface area (Å²) in [4.78, 5) is 15.9. The molecule has 0 saturated carbocycles. The summed E-state index contributed by atoms with van der Waals surface area (Å²) in [5.41, 5.74) is 2.86. The third-order valence-electron chi connectivity index (χ3n) is 5.65. The van der Waals surface area contributed by atoms with Crippen LogP contribution in [0.5, 0.6) is 0 Å². The van der Waals surface area contributed by atoms with Gasteiger partial charge in [0, 0.05) is 50.6 Å². The molecule has 0 N–H and O–H groups in total. The topological polar surface area (TPSA) is 35.5 Å². The van der Waals surface area contributed by atoms with Crippen LogP contribution in [0.15, 0.2) is 42.7 Å². The second-order valence-corrected chi connectivity index (χ2v) is 8.19. The van der Waals surface area contributed by atoms with Gasteiger partial charge in [-0.3, -0.25) is 0 Å². The van der Waals surface area contributed by atoms with Gasteiger partial charge in [0.15, 0.2) is 5.82 Å². The van der Waals surface area contributed by atoms with E-state index in [9.17, 15) is 4.39 Å². The van der Waals surface area contributed by atoms with Crippen LogP contribution in [0.2, 0.25) is 0 Å². The van der Waals surface area contributed by atoms with Gasteiger partial charge >= 0.3 is 0 Å². The van der Waals surface area contributed by atoms with Crippen LogP contribution in [-0.4, -0.2) is 48.9 Å². The van der Waals surface area contributed by atoms with E-state index in [2.05, 4.69) is 40.5 Å². The standard InChI is InChI=1S/C22H28FN5/c1-16(2)28-12-5-11-26(4)19-7-6-18(25-21(19)28)17-8-10-24-20(14-17)27-13-9-22(3,23)15-27/h6-8,10,14H,1,5,9,11-13,15H2,2-4H3. The molecule has 5 nitrogen and oxygen atoms in total. The number of pyridine rings is 2. The van der Waals surface area contributed by atoms with E-state index in [-0.39, 0.29) is 0 Å². The highest BCUT2D eigenvalue weighted by molar-refractivity contribution is 5.75. The number of nitrogens with zero attached hydrogens (tertiary/aromatic N) is 5. The van der Waals surface area contributed by atoms with Crippen molar-refractivity contribution in [3.63, 3.8) is 0 Å². The first-order valence-corrected chi connectivity index (χ1v) is 9.90. The number of allylic oxidation sites excluding steroid dienone is 1. The van der Waals surface area contributed by atoms with Gasteiger partial charge in [0.05, 0.1) is 17.9 Å². The molecule has 0 radical (unpaired) electrons. The smallest absolute Gasteiger partial charge is 0.157 e. The summed E-state index contributed by atoms with van der Waals surface area (Å²) >= 11 is 0. The summed E-state index contributed by atoms with van der Waals surface area (Å²) in [5.74, 6) is 1.75. The minimum absolute atomic E-state index is 0.384. The Bertz CT molecular complexity index is 894. The minimum Gasteiger partial charge on any atom is -0.372 e. The van der Waals surface area contributed by atoms with E-state index in [0.717, 1.165) is 53.8 Å². The number of rotatable bonds is 3. The van der Waals surface area contributed by atoms with Gasteiger partial charge < -0.3 is 14.7 Å². The molecule has 2 aromatic heterocycles. The molecule has 2 aliphatic rings. The Hall–Kier alpha value is -2.63. The van der Waals surface area contributed by atoms with E-state index >= 15 is 0 Å². The Labute approximate surface area is 166 Å². The molecule has 2 aliphatic heterocycles. The first kappa shape index (κ1) is 18.7. The molecular formula is C22H28FN5. The highest BCUT2D eigenvalue weighted by Crippen LogP contribution is 2.35. The first-order chi connectivity index (χ1) is 13.3. The maximum absolute atomic E-state index is 14.3. The zero-order valence-corrected chi connectivity index (χ0v) is 17.0.